The van der Waals surface area contributed by atoms with Crippen molar-refractivity contribution in [3.8, 4) is 17.2 Å². The van der Waals surface area contributed by atoms with E-state index in [1.54, 1.807) is 0 Å². The molecule has 0 saturated carbocycles. The zero-order valence-corrected chi connectivity index (χ0v) is 10.7. The molecule has 0 aliphatic carbocycles. The standard InChI is InChI=1S/C13H17O5/c1-5-9(14)12(15)8-6-10(16-2)13(18-4)11(7-8)17-3/h6-7,9,14H,1,5H2,2-4H3. The number of ketones is 1. The molecule has 0 fully saturated rings. The fourth-order valence-electron chi connectivity index (χ4n) is 1.55. The number of aliphatic hydroxyl groups excluding tert-OH is 1. The normalized spacial score (nSPS) is 11.8. The molecule has 99 valence electrons. The summed E-state index contributed by atoms with van der Waals surface area (Å²) >= 11 is 0. The second-order valence-corrected chi connectivity index (χ2v) is 3.58. The number of methoxy groups -OCH3 is 3. The third-order valence-corrected chi connectivity index (χ3v) is 2.53. The van der Waals surface area contributed by atoms with E-state index in [9.17, 15) is 9.90 Å². The largest absolute Gasteiger partial charge is 0.493 e. The van der Waals surface area contributed by atoms with Crippen LogP contribution in [0.5, 0.6) is 17.2 Å². The van der Waals surface area contributed by atoms with Crippen LogP contribution in [0.3, 0.4) is 0 Å². The average Bonchev–Trinajstić information content (AvgIpc) is 2.43. The molecule has 0 amide bonds. The van der Waals surface area contributed by atoms with E-state index in [4.69, 9.17) is 14.2 Å². The molecule has 0 spiro atoms. The average molecular weight is 253 g/mol. The molecule has 0 aromatic heterocycles. The highest BCUT2D eigenvalue weighted by atomic mass is 16.5. The Kier molecular flexibility index (Phi) is 4.97. The summed E-state index contributed by atoms with van der Waals surface area (Å²) in [7, 11) is 4.40. The number of carbonyl (C=O) groups excluding carboxylic acids is 1. The van der Waals surface area contributed by atoms with E-state index in [1.165, 1.54) is 33.5 Å². The quantitative estimate of drug-likeness (QED) is 0.778. The molecule has 0 bridgehead atoms. The summed E-state index contributed by atoms with van der Waals surface area (Å²) in [6, 6.07) is 3.01. The summed E-state index contributed by atoms with van der Waals surface area (Å²) in [4.78, 5) is 11.9. The lowest BCUT2D eigenvalue weighted by Gasteiger charge is -2.14. The summed E-state index contributed by atoms with van der Waals surface area (Å²) in [5.41, 5.74) is 0.292. The van der Waals surface area contributed by atoms with Gasteiger partial charge >= 0.3 is 0 Å². The Bertz CT molecular complexity index is 402. The van der Waals surface area contributed by atoms with Crippen molar-refractivity contribution in [2.45, 2.75) is 12.5 Å². The molecule has 0 aliphatic heterocycles. The van der Waals surface area contributed by atoms with Gasteiger partial charge in [-0.05, 0) is 18.6 Å². The first-order valence-electron chi connectivity index (χ1n) is 5.40. The SMILES string of the molecule is [CH2]CC(O)C(=O)c1cc(OC)c(OC)c(OC)c1. The summed E-state index contributed by atoms with van der Waals surface area (Å²) in [5, 5.41) is 9.51. The number of Topliss-reactive ketones (excluding diaryl/α,β-unsaturated/α-hetero) is 1. The van der Waals surface area contributed by atoms with Crippen LogP contribution in [0.1, 0.15) is 16.8 Å². The second kappa shape index (κ2) is 6.26. The van der Waals surface area contributed by atoms with Crippen LogP contribution in [0.25, 0.3) is 0 Å². The molecular weight excluding hydrogens is 236 g/mol. The van der Waals surface area contributed by atoms with Crippen molar-refractivity contribution in [1.29, 1.82) is 0 Å². The highest BCUT2D eigenvalue weighted by molar-refractivity contribution is 6.00. The van der Waals surface area contributed by atoms with Crippen LogP contribution < -0.4 is 14.2 Å². The predicted octanol–water partition coefficient (Wildman–Crippen LogP) is 1.48. The van der Waals surface area contributed by atoms with Gasteiger partial charge in [-0.2, -0.15) is 0 Å². The van der Waals surface area contributed by atoms with Crippen molar-refractivity contribution in [2.24, 2.45) is 0 Å². The molecule has 1 unspecified atom stereocenters. The molecule has 18 heavy (non-hydrogen) atoms. The lowest BCUT2D eigenvalue weighted by Crippen LogP contribution is -2.19. The first-order valence-corrected chi connectivity index (χ1v) is 5.40. The number of carbonyl (C=O) groups is 1. The van der Waals surface area contributed by atoms with Crippen molar-refractivity contribution in [2.75, 3.05) is 21.3 Å². The van der Waals surface area contributed by atoms with Crippen molar-refractivity contribution in [1.82, 2.24) is 0 Å². The highest BCUT2D eigenvalue weighted by Gasteiger charge is 2.20. The number of hydrogen-bond donors (Lipinski definition) is 1. The minimum atomic E-state index is -1.13. The number of hydrogen-bond acceptors (Lipinski definition) is 5. The summed E-state index contributed by atoms with van der Waals surface area (Å²) in [5.74, 6) is 0.720. The van der Waals surface area contributed by atoms with Crippen LogP contribution in [-0.4, -0.2) is 38.3 Å². The third-order valence-electron chi connectivity index (χ3n) is 2.53. The van der Waals surface area contributed by atoms with Crippen LogP contribution in [0.2, 0.25) is 0 Å². The van der Waals surface area contributed by atoms with Gasteiger partial charge in [-0.15, -0.1) is 0 Å². The molecular formula is C13H17O5. The van der Waals surface area contributed by atoms with Crippen molar-refractivity contribution in [3.05, 3.63) is 24.6 Å². The highest BCUT2D eigenvalue weighted by Crippen LogP contribution is 2.38. The maximum atomic E-state index is 11.9. The van der Waals surface area contributed by atoms with Gasteiger partial charge in [0.2, 0.25) is 5.75 Å². The van der Waals surface area contributed by atoms with Gasteiger partial charge in [-0.1, -0.05) is 6.92 Å². The van der Waals surface area contributed by atoms with E-state index >= 15 is 0 Å². The van der Waals surface area contributed by atoms with E-state index in [-0.39, 0.29) is 6.42 Å². The lowest BCUT2D eigenvalue weighted by molar-refractivity contribution is 0.0751. The topological polar surface area (TPSA) is 65.0 Å². The van der Waals surface area contributed by atoms with Gasteiger partial charge in [-0.25, -0.2) is 0 Å². The second-order valence-electron chi connectivity index (χ2n) is 3.58. The monoisotopic (exact) mass is 253 g/mol. The van der Waals surface area contributed by atoms with Gasteiger partial charge in [0.05, 0.1) is 21.3 Å². The zero-order valence-electron chi connectivity index (χ0n) is 10.7. The Hall–Kier alpha value is -1.75. The predicted molar refractivity (Wildman–Crippen MR) is 66.4 cm³/mol. The molecule has 1 N–H and O–H groups in total. The molecule has 1 radical (unpaired) electrons. The molecule has 1 aromatic carbocycles. The number of benzene rings is 1. The summed E-state index contributed by atoms with van der Waals surface area (Å²) < 4.78 is 15.4. The smallest absolute Gasteiger partial charge is 0.203 e. The van der Waals surface area contributed by atoms with E-state index in [0.717, 1.165) is 0 Å². The summed E-state index contributed by atoms with van der Waals surface area (Å²) in [6.45, 7) is 3.49. The van der Waals surface area contributed by atoms with Crippen LogP contribution >= 0.6 is 0 Å². The Labute approximate surface area is 106 Å². The molecule has 5 nitrogen and oxygen atoms in total. The molecule has 1 atom stereocenters. The van der Waals surface area contributed by atoms with Crippen LogP contribution in [0, 0.1) is 6.92 Å². The van der Waals surface area contributed by atoms with Crippen molar-refractivity contribution < 1.29 is 24.1 Å². The van der Waals surface area contributed by atoms with E-state index in [1.807, 2.05) is 0 Å². The van der Waals surface area contributed by atoms with Gasteiger partial charge in [0, 0.05) is 5.56 Å². The number of ether oxygens (including phenoxy) is 3. The fourth-order valence-corrected chi connectivity index (χ4v) is 1.55. The minimum Gasteiger partial charge on any atom is -0.493 e. The molecule has 5 heteroatoms. The third kappa shape index (κ3) is 2.73. The van der Waals surface area contributed by atoms with Gasteiger partial charge in [0.15, 0.2) is 17.3 Å². The molecule has 1 aromatic rings. The Morgan fingerprint density at radius 1 is 1.22 bits per heavy atom. The van der Waals surface area contributed by atoms with Gasteiger partial charge in [-0.3, -0.25) is 4.79 Å². The summed E-state index contributed by atoms with van der Waals surface area (Å²) in [6.07, 6.45) is -1.03. The Morgan fingerprint density at radius 3 is 2.06 bits per heavy atom. The van der Waals surface area contributed by atoms with Gasteiger partial charge in [0.25, 0.3) is 0 Å². The Balaban J connectivity index is 3.27. The number of aliphatic hydroxyl groups is 1. The maximum absolute atomic E-state index is 11.9. The molecule has 0 saturated heterocycles. The molecule has 0 heterocycles. The van der Waals surface area contributed by atoms with Crippen LogP contribution in [-0.2, 0) is 0 Å². The van der Waals surface area contributed by atoms with Crippen molar-refractivity contribution >= 4 is 5.78 Å². The maximum Gasteiger partial charge on any atom is 0.203 e. The first kappa shape index (κ1) is 14.3. The minimum absolute atomic E-state index is 0.107. The zero-order chi connectivity index (χ0) is 13.7. The molecule has 0 aliphatic rings. The van der Waals surface area contributed by atoms with E-state index < -0.39 is 11.9 Å². The fraction of sp³-hybridized carbons (Fsp3) is 0.385. The van der Waals surface area contributed by atoms with Gasteiger partial charge < -0.3 is 19.3 Å². The number of rotatable bonds is 6. The first-order chi connectivity index (χ1) is 8.58. The lowest BCUT2D eigenvalue weighted by atomic mass is 10.0. The Morgan fingerprint density at radius 2 is 1.72 bits per heavy atom. The van der Waals surface area contributed by atoms with E-state index in [2.05, 4.69) is 6.92 Å². The van der Waals surface area contributed by atoms with Crippen LogP contribution in [0.15, 0.2) is 12.1 Å². The molecule has 1 rings (SSSR count). The van der Waals surface area contributed by atoms with Crippen LogP contribution in [0.4, 0.5) is 0 Å². The van der Waals surface area contributed by atoms with Crippen molar-refractivity contribution in [3.63, 3.8) is 0 Å². The van der Waals surface area contributed by atoms with Gasteiger partial charge in [0.1, 0.15) is 6.10 Å². The van der Waals surface area contributed by atoms with E-state index in [0.29, 0.717) is 22.8 Å².